The number of carbonyl (C=O) groups is 1. The van der Waals surface area contributed by atoms with Gasteiger partial charge in [0.25, 0.3) is 5.69 Å². The highest BCUT2D eigenvalue weighted by molar-refractivity contribution is 7.99. The van der Waals surface area contributed by atoms with Gasteiger partial charge in [0.05, 0.1) is 4.92 Å². The van der Waals surface area contributed by atoms with Crippen LogP contribution in [0.25, 0.3) is 11.0 Å². The number of thioether (sulfide) groups is 1. The molecule has 0 saturated carbocycles. The molecule has 0 aliphatic rings. The van der Waals surface area contributed by atoms with Gasteiger partial charge in [0, 0.05) is 35.5 Å². The van der Waals surface area contributed by atoms with Gasteiger partial charge in [-0.25, -0.2) is 4.79 Å². The molecule has 0 N–H and O–H groups in total. The number of nitro benzene ring substituents is 1. The number of fused-ring (bicyclic) bond motifs is 1. The van der Waals surface area contributed by atoms with Crippen LogP contribution in [0.2, 0.25) is 0 Å². The molecule has 0 saturated heterocycles. The van der Waals surface area contributed by atoms with Gasteiger partial charge >= 0.3 is 5.63 Å². The lowest BCUT2D eigenvalue weighted by Gasteiger charge is -2.21. The predicted molar refractivity (Wildman–Crippen MR) is 131 cm³/mol. The highest BCUT2D eigenvalue weighted by atomic mass is 32.2. The van der Waals surface area contributed by atoms with E-state index in [1.165, 1.54) is 56.4 Å². The van der Waals surface area contributed by atoms with E-state index in [0.29, 0.717) is 35.3 Å². The van der Waals surface area contributed by atoms with E-state index in [0.717, 1.165) is 18.6 Å². The molecule has 0 amide bonds. The highest BCUT2D eigenvalue weighted by Crippen LogP contribution is 2.38. The second kappa shape index (κ2) is 13.3. The minimum atomic E-state index is -0.703. The number of rotatable bonds is 15. The molecule has 1 heterocycles. The summed E-state index contributed by atoms with van der Waals surface area (Å²) in [6.45, 7) is 7.19. The Morgan fingerprint density at radius 2 is 1.66 bits per heavy atom. The molecule has 176 valence electrons. The molecule has 2 rings (SSSR count). The van der Waals surface area contributed by atoms with Crippen molar-refractivity contribution in [1.82, 2.24) is 0 Å². The first kappa shape index (κ1) is 25.9. The van der Waals surface area contributed by atoms with Crippen LogP contribution in [0.15, 0.2) is 26.2 Å². The van der Waals surface area contributed by atoms with Crippen LogP contribution in [0, 0.1) is 10.1 Å². The highest BCUT2D eigenvalue weighted by Gasteiger charge is 2.23. The van der Waals surface area contributed by atoms with Crippen molar-refractivity contribution in [3.8, 4) is 0 Å². The Bertz CT molecular complexity index is 969. The van der Waals surface area contributed by atoms with Gasteiger partial charge in [0.2, 0.25) is 0 Å². The lowest BCUT2D eigenvalue weighted by molar-refractivity contribution is -0.384. The van der Waals surface area contributed by atoms with E-state index in [2.05, 4.69) is 6.92 Å². The second-order valence-corrected chi connectivity index (χ2v) is 8.95. The van der Waals surface area contributed by atoms with Crippen molar-refractivity contribution in [1.29, 1.82) is 0 Å². The molecule has 7 nitrogen and oxygen atoms in total. The molecule has 0 atom stereocenters. The molecule has 0 aliphatic carbocycles. The molecular weight excluding hydrogens is 428 g/mol. The first-order valence-corrected chi connectivity index (χ1v) is 12.6. The first-order chi connectivity index (χ1) is 15.5. The molecule has 0 bridgehead atoms. The number of carbonyl (C=O) groups excluding carboxylic acids is 1. The zero-order chi connectivity index (χ0) is 23.5. The third kappa shape index (κ3) is 6.58. The third-order valence-electron chi connectivity index (χ3n) is 5.65. The average molecular weight is 463 g/mol. The maximum Gasteiger partial charge on any atom is 0.348 e. The summed E-state index contributed by atoms with van der Waals surface area (Å²) in [4.78, 5) is 37.7. The SMILES string of the molecule is CCCCCCCCCCSc1c(C=O)c(=O)oc2cc(N(CC)CC)c([N+](=O)[O-])cc12. The van der Waals surface area contributed by atoms with Crippen molar-refractivity contribution >= 4 is 40.4 Å². The van der Waals surface area contributed by atoms with Gasteiger partial charge in [-0.1, -0.05) is 51.9 Å². The molecule has 1 aromatic heterocycles. The Kier molecular flexibility index (Phi) is 10.7. The summed E-state index contributed by atoms with van der Waals surface area (Å²) in [5, 5.41) is 12.2. The number of aldehydes is 1. The minimum Gasteiger partial charge on any atom is -0.422 e. The van der Waals surface area contributed by atoms with E-state index < -0.39 is 10.5 Å². The van der Waals surface area contributed by atoms with Crippen LogP contribution in [-0.2, 0) is 0 Å². The van der Waals surface area contributed by atoms with Crippen LogP contribution in [0.1, 0.15) is 82.5 Å². The summed E-state index contributed by atoms with van der Waals surface area (Å²) in [5.41, 5.74) is -0.141. The zero-order valence-electron chi connectivity index (χ0n) is 19.4. The average Bonchev–Trinajstić information content (AvgIpc) is 2.78. The van der Waals surface area contributed by atoms with Crippen LogP contribution < -0.4 is 10.5 Å². The van der Waals surface area contributed by atoms with Crippen LogP contribution in [0.3, 0.4) is 0 Å². The standard InChI is InChI=1S/C24H34N2O5S/c1-4-7-8-9-10-11-12-13-14-32-23-18-15-21(26(29)30)20(25(5-2)6-3)16-22(18)31-24(28)19(23)17-27/h15-17H,4-14H2,1-3H3. The van der Waals surface area contributed by atoms with Gasteiger partial charge in [0.15, 0.2) is 6.29 Å². The van der Waals surface area contributed by atoms with Crippen molar-refractivity contribution in [3.05, 3.63) is 38.2 Å². The Balaban J connectivity index is 2.27. The molecule has 0 unspecified atom stereocenters. The normalized spacial score (nSPS) is 11.1. The van der Waals surface area contributed by atoms with Gasteiger partial charge < -0.3 is 9.32 Å². The van der Waals surface area contributed by atoms with Crippen molar-refractivity contribution in [2.75, 3.05) is 23.7 Å². The lowest BCUT2D eigenvalue weighted by Crippen LogP contribution is -2.23. The fraction of sp³-hybridized carbons (Fsp3) is 0.583. The summed E-state index contributed by atoms with van der Waals surface area (Å²) < 4.78 is 5.38. The molecule has 0 fully saturated rings. The molecule has 0 radical (unpaired) electrons. The fourth-order valence-electron chi connectivity index (χ4n) is 3.84. The van der Waals surface area contributed by atoms with Crippen LogP contribution in [0.5, 0.6) is 0 Å². The van der Waals surface area contributed by atoms with Crippen LogP contribution in [0.4, 0.5) is 11.4 Å². The van der Waals surface area contributed by atoms with Crippen molar-refractivity contribution in [3.63, 3.8) is 0 Å². The van der Waals surface area contributed by atoms with E-state index in [4.69, 9.17) is 4.42 Å². The fourth-order valence-corrected chi connectivity index (χ4v) is 5.00. The molecule has 8 heteroatoms. The Morgan fingerprint density at radius 1 is 1.03 bits per heavy atom. The zero-order valence-corrected chi connectivity index (χ0v) is 20.2. The number of hydrogen-bond acceptors (Lipinski definition) is 7. The van der Waals surface area contributed by atoms with E-state index >= 15 is 0 Å². The summed E-state index contributed by atoms with van der Waals surface area (Å²) in [6, 6.07) is 2.99. The number of unbranched alkanes of at least 4 members (excludes halogenated alkanes) is 7. The summed E-state index contributed by atoms with van der Waals surface area (Å²) in [7, 11) is 0. The lowest BCUT2D eigenvalue weighted by atomic mass is 10.1. The monoisotopic (exact) mass is 462 g/mol. The van der Waals surface area contributed by atoms with E-state index in [1.54, 1.807) is 6.07 Å². The van der Waals surface area contributed by atoms with E-state index in [9.17, 15) is 19.7 Å². The Labute approximate surface area is 193 Å². The topological polar surface area (TPSA) is 93.7 Å². The molecule has 0 aliphatic heterocycles. The minimum absolute atomic E-state index is 0.0548. The first-order valence-electron chi connectivity index (χ1n) is 11.6. The van der Waals surface area contributed by atoms with Gasteiger partial charge in [-0.2, -0.15) is 0 Å². The van der Waals surface area contributed by atoms with Gasteiger partial charge in [0.1, 0.15) is 16.8 Å². The quantitative estimate of drug-likeness (QED) is 0.0735. The smallest absolute Gasteiger partial charge is 0.348 e. The van der Waals surface area contributed by atoms with Gasteiger partial charge in [-0.15, -0.1) is 11.8 Å². The summed E-state index contributed by atoms with van der Waals surface area (Å²) in [5.74, 6) is 0.736. The largest absolute Gasteiger partial charge is 0.422 e. The molecule has 32 heavy (non-hydrogen) atoms. The number of anilines is 1. The Hall–Kier alpha value is -2.35. The van der Waals surface area contributed by atoms with Gasteiger partial charge in [-0.3, -0.25) is 14.9 Å². The van der Waals surface area contributed by atoms with E-state index in [-0.39, 0.29) is 16.8 Å². The Morgan fingerprint density at radius 3 is 2.22 bits per heavy atom. The number of hydrogen-bond donors (Lipinski definition) is 0. The third-order valence-corrected chi connectivity index (χ3v) is 6.87. The van der Waals surface area contributed by atoms with Crippen molar-refractivity contribution in [2.45, 2.75) is 77.0 Å². The molecule has 2 aromatic rings. The molecule has 1 aromatic carbocycles. The number of nitro groups is 1. The predicted octanol–water partition coefficient (Wildman–Crippen LogP) is 6.59. The maximum atomic E-state index is 12.4. The second-order valence-electron chi connectivity index (χ2n) is 7.84. The summed E-state index contributed by atoms with van der Waals surface area (Å²) in [6.07, 6.45) is 10.0. The van der Waals surface area contributed by atoms with Crippen molar-refractivity contribution in [2.24, 2.45) is 0 Å². The number of nitrogens with zero attached hydrogens (tertiary/aromatic N) is 2. The van der Waals surface area contributed by atoms with E-state index in [1.807, 2.05) is 18.7 Å². The van der Waals surface area contributed by atoms with Crippen LogP contribution >= 0.6 is 11.8 Å². The van der Waals surface area contributed by atoms with Crippen LogP contribution in [-0.4, -0.2) is 30.1 Å². The molecular formula is C24H34N2O5S. The maximum absolute atomic E-state index is 12.4. The van der Waals surface area contributed by atoms with Crippen molar-refractivity contribution < 1.29 is 14.1 Å². The molecule has 0 spiro atoms. The van der Waals surface area contributed by atoms with Gasteiger partial charge in [-0.05, 0) is 26.0 Å². The number of benzene rings is 1. The summed E-state index contributed by atoms with van der Waals surface area (Å²) >= 11 is 1.41.